The molecular weight excluding hydrogens is 260 g/mol. The minimum absolute atomic E-state index is 0.612. The summed E-state index contributed by atoms with van der Waals surface area (Å²) in [5.74, 6) is 0. The van der Waals surface area contributed by atoms with Crippen molar-refractivity contribution < 1.29 is 8.23 Å². The lowest BCUT2D eigenvalue weighted by Gasteiger charge is -2.35. The Hall–Kier alpha value is 0.571. The van der Waals surface area contributed by atoms with Crippen LogP contribution in [0.4, 0.5) is 0 Å². The molecule has 0 amide bonds. The van der Waals surface area contributed by atoms with Crippen LogP contribution in [-0.2, 0) is 8.23 Å². The zero-order valence-corrected chi connectivity index (χ0v) is 15.6. The average Bonchev–Trinajstić information content (AvgIpc) is 2.40. The van der Waals surface area contributed by atoms with E-state index in [-0.39, 0.29) is 0 Å². The molecule has 0 N–H and O–H groups in total. The lowest BCUT2D eigenvalue weighted by molar-refractivity contribution is 0.386. The van der Waals surface area contributed by atoms with Crippen LogP contribution in [0.15, 0.2) is 0 Å². The average molecular weight is 291 g/mol. The first-order valence-electron chi connectivity index (χ1n) is 7.18. The molecule has 0 saturated heterocycles. The minimum atomic E-state index is -1.86. The molecule has 2 nitrogen and oxygen atoms in total. The van der Waals surface area contributed by atoms with Crippen LogP contribution in [0.25, 0.3) is 0 Å². The van der Waals surface area contributed by atoms with Crippen LogP contribution >= 0.6 is 0 Å². The Bertz CT molecular complexity index is 163. The standard InChI is InChI=1S/C12H30O2Si3/c1-7-15(8-2)13-17(11-5,12-6)14-16(9-3)10-4/h7-12H2,1-6H3. The van der Waals surface area contributed by atoms with E-state index in [9.17, 15) is 0 Å². The van der Waals surface area contributed by atoms with E-state index in [0.29, 0.717) is 0 Å². The second-order valence-corrected chi connectivity index (χ2v) is 14.2. The van der Waals surface area contributed by atoms with Gasteiger partial charge in [0.1, 0.15) is 0 Å². The largest absolute Gasteiger partial charge is 0.436 e. The summed E-state index contributed by atoms with van der Waals surface area (Å²) in [6.45, 7) is 13.5. The molecule has 0 spiro atoms. The third-order valence-electron chi connectivity index (χ3n) is 3.32. The monoisotopic (exact) mass is 290 g/mol. The van der Waals surface area contributed by atoms with E-state index < -0.39 is 26.6 Å². The summed E-state index contributed by atoms with van der Waals surface area (Å²) in [6.07, 6.45) is 0. The van der Waals surface area contributed by atoms with Gasteiger partial charge in [0.05, 0.1) is 0 Å². The SMILES string of the molecule is CC[Si](CC)O[Si](CC)(CC)O[Si](CC)CC. The smallest absolute Gasteiger partial charge is 0.316 e. The quantitative estimate of drug-likeness (QED) is 0.549. The predicted molar refractivity (Wildman–Crippen MR) is 82.3 cm³/mol. The maximum atomic E-state index is 6.51. The summed E-state index contributed by atoms with van der Waals surface area (Å²) in [5, 5.41) is 0. The maximum absolute atomic E-state index is 6.51. The highest BCUT2D eigenvalue weighted by Crippen LogP contribution is 2.24. The third-order valence-corrected chi connectivity index (χ3v) is 13.9. The van der Waals surface area contributed by atoms with Crippen molar-refractivity contribution >= 4 is 26.6 Å². The highest BCUT2D eigenvalue weighted by atomic mass is 28.5. The lowest BCUT2D eigenvalue weighted by Crippen LogP contribution is -2.48. The van der Waals surface area contributed by atoms with Gasteiger partial charge in [-0.2, -0.15) is 0 Å². The van der Waals surface area contributed by atoms with E-state index in [2.05, 4.69) is 41.5 Å². The molecule has 0 aromatic heterocycles. The van der Waals surface area contributed by atoms with Crippen molar-refractivity contribution in [2.45, 2.75) is 77.8 Å². The molecule has 0 aromatic rings. The Balaban J connectivity index is 4.63. The molecule has 5 heteroatoms. The van der Waals surface area contributed by atoms with E-state index in [1.807, 2.05) is 0 Å². The number of rotatable bonds is 10. The molecule has 0 aliphatic heterocycles. The number of hydrogen-bond acceptors (Lipinski definition) is 2. The highest BCUT2D eigenvalue weighted by Gasteiger charge is 2.37. The maximum Gasteiger partial charge on any atom is 0.316 e. The molecule has 0 bridgehead atoms. The first-order valence-corrected chi connectivity index (χ1v) is 13.1. The van der Waals surface area contributed by atoms with Gasteiger partial charge in [-0.3, -0.25) is 0 Å². The van der Waals surface area contributed by atoms with Crippen molar-refractivity contribution in [2.75, 3.05) is 0 Å². The third kappa shape index (κ3) is 5.83. The fraction of sp³-hybridized carbons (Fsp3) is 1.00. The molecule has 102 valence electrons. The molecule has 0 heterocycles. The van der Waals surface area contributed by atoms with Gasteiger partial charge in [0.25, 0.3) is 0 Å². The van der Waals surface area contributed by atoms with Crippen molar-refractivity contribution in [2.24, 2.45) is 0 Å². The summed E-state index contributed by atoms with van der Waals surface area (Å²) >= 11 is 0. The van der Waals surface area contributed by atoms with Gasteiger partial charge in [0, 0.05) is 0 Å². The van der Waals surface area contributed by atoms with Gasteiger partial charge in [-0.15, -0.1) is 0 Å². The zero-order valence-electron chi connectivity index (χ0n) is 12.6. The van der Waals surface area contributed by atoms with E-state index in [1.165, 1.54) is 24.2 Å². The van der Waals surface area contributed by atoms with Crippen molar-refractivity contribution in [3.63, 3.8) is 0 Å². The summed E-state index contributed by atoms with van der Waals surface area (Å²) in [6, 6.07) is 7.07. The van der Waals surface area contributed by atoms with Gasteiger partial charge in [-0.25, -0.2) is 0 Å². The normalized spacial score (nSPS) is 12.7. The highest BCUT2D eigenvalue weighted by molar-refractivity contribution is 6.80. The van der Waals surface area contributed by atoms with E-state index >= 15 is 0 Å². The molecule has 0 aromatic carbocycles. The Morgan fingerprint density at radius 2 is 0.941 bits per heavy atom. The van der Waals surface area contributed by atoms with Crippen LogP contribution in [0, 0.1) is 0 Å². The van der Waals surface area contributed by atoms with Gasteiger partial charge in [0.2, 0.25) is 0 Å². The van der Waals surface area contributed by atoms with Crippen molar-refractivity contribution in [1.29, 1.82) is 0 Å². The number of hydrogen-bond donors (Lipinski definition) is 0. The topological polar surface area (TPSA) is 18.5 Å². The Morgan fingerprint density at radius 3 is 1.12 bits per heavy atom. The van der Waals surface area contributed by atoms with Crippen LogP contribution in [0.2, 0.25) is 36.3 Å². The molecule has 0 saturated carbocycles. The second kappa shape index (κ2) is 9.49. The van der Waals surface area contributed by atoms with Crippen LogP contribution in [-0.4, -0.2) is 26.6 Å². The molecule has 0 fully saturated rings. The first kappa shape index (κ1) is 17.6. The van der Waals surface area contributed by atoms with Crippen LogP contribution in [0.3, 0.4) is 0 Å². The Labute approximate surface area is 113 Å². The molecule has 0 aliphatic carbocycles. The Morgan fingerprint density at radius 1 is 0.647 bits per heavy atom. The lowest BCUT2D eigenvalue weighted by atomic mass is 10.9. The van der Waals surface area contributed by atoms with Gasteiger partial charge in [0.15, 0.2) is 18.1 Å². The summed E-state index contributed by atoms with van der Waals surface area (Å²) in [7, 11) is -3.09. The summed E-state index contributed by atoms with van der Waals surface area (Å²) in [4.78, 5) is 0. The molecule has 0 atom stereocenters. The Kier molecular flexibility index (Phi) is 9.81. The summed E-state index contributed by atoms with van der Waals surface area (Å²) in [5.41, 5.74) is 0. The van der Waals surface area contributed by atoms with Crippen LogP contribution < -0.4 is 0 Å². The molecular formula is C12H30O2Si3. The van der Waals surface area contributed by atoms with E-state index in [1.54, 1.807) is 0 Å². The van der Waals surface area contributed by atoms with E-state index in [4.69, 9.17) is 8.23 Å². The molecule has 17 heavy (non-hydrogen) atoms. The van der Waals surface area contributed by atoms with Gasteiger partial charge >= 0.3 is 8.56 Å². The van der Waals surface area contributed by atoms with Gasteiger partial charge in [-0.05, 0) is 36.3 Å². The van der Waals surface area contributed by atoms with Crippen LogP contribution in [0.5, 0.6) is 0 Å². The van der Waals surface area contributed by atoms with Crippen molar-refractivity contribution in [3.05, 3.63) is 0 Å². The summed E-state index contributed by atoms with van der Waals surface area (Å²) < 4.78 is 13.0. The second-order valence-electron chi connectivity index (χ2n) is 4.31. The van der Waals surface area contributed by atoms with Crippen LogP contribution in [0.1, 0.15) is 41.5 Å². The van der Waals surface area contributed by atoms with Gasteiger partial charge < -0.3 is 8.23 Å². The van der Waals surface area contributed by atoms with Gasteiger partial charge in [-0.1, -0.05) is 41.5 Å². The van der Waals surface area contributed by atoms with Crippen molar-refractivity contribution in [3.8, 4) is 0 Å². The fourth-order valence-corrected chi connectivity index (χ4v) is 12.7. The zero-order chi connectivity index (χ0) is 13.3. The minimum Gasteiger partial charge on any atom is -0.436 e. The molecule has 0 aliphatic rings. The first-order chi connectivity index (χ1) is 8.11. The molecule has 0 rings (SSSR count). The molecule has 2 radical (unpaired) electrons. The fourth-order valence-electron chi connectivity index (χ4n) is 1.87. The van der Waals surface area contributed by atoms with Crippen molar-refractivity contribution in [1.82, 2.24) is 0 Å². The molecule has 0 unspecified atom stereocenters. The predicted octanol–water partition coefficient (Wildman–Crippen LogP) is 4.56. The van der Waals surface area contributed by atoms with E-state index in [0.717, 1.165) is 12.1 Å².